The average molecular weight is 460 g/mol. The maximum atomic E-state index is 13.5. The minimum absolute atomic E-state index is 0.190. The van der Waals surface area contributed by atoms with E-state index in [2.05, 4.69) is 16.8 Å². The molecule has 0 spiro atoms. The van der Waals surface area contributed by atoms with Crippen molar-refractivity contribution in [2.75, 3.05) is 58.4 Å². The lowest BCUT2D eigenvalue weighted by Crippen LogP contribution is -2.45. The summed E-state index contributed by atoms with van der Waals surface area (Å²) in [5.74, 6) is 0.416. The molecule has 0 radical (unpaired) electrons. The molecular formula is C21H25N5O3S2. The number of piperazine rings is 1. The third-order valence-electron chi connectivity index (χ3n) is 5.54. The van der Waals surface area contributed by atoms with Crippen LogP contribution in [0.15, 0.2) is 28.0 Å². The quantitative estimate of drug-likeness (QED) is 0.493. The number of aryl methyl sites for hydroxylation is 1. The second kappa shape index (κ2) is 9.07. The minimum Gasteiger partial charge on any atom is -0.383 e. The van der Waals surface area contributed by atoms with Crippen molar-refractivity contribution in [1.29, 1.82) is 0 Å². The SMILES string of the molecule is COCCN1C(=O)C(=Cc2c(N3CCN(C)CC3)nc3c(C)cccn3c2=O)SC1=S. The number of thioether (sulfide) groups is 1. The molecule has 2 aromatic rings. The van der Waals surface area contributed by atoms with Gasteiger partial charge in [0.2, 0.25) is 0 Å². The van der Waals surface area contributed by atoms with Crippen molar-refractivity contribution < 1.29 is 9.53 Å². The number of hydrogen-bond acceptors (Lipinski definition) is 8. The molecule has 4 rings (SSSR count). The molecular weight excluding hydrogens is 434 g/mol. The standard InChI is InChI=1S/C21H25N5O3S2/c1-14-5-4-6-25-17(14)22-18(24-9-7-23(2)8-10-24)15(19(25)27)13-16-20(28)26(11-12-29-3)21(30)31-16/h4-6,13H,7-12H2,1-3H3. The third kappa shape index (κ3) is 4.25. The molecule has 0 unspecified atom stereocenters. The molecule has 0 bridgehead atoms. The van der Waals surface area contributed by atoms with Crippen LogP contribution < -0.4 is 10.5 Å². The number of fused-ring (bicyclic) bond motifs is 1. The fourth-order valence-corrected chi connectivity index (χ4v) is 4.98. The zero-order valence-electron chi connectivity index (χ0n) is 17.8. The number of pyridine rings is 1. The molecule has 8 nitrogen and oxygen atoms in total. The van der Waals surface area contributed by atoms with E-state index in [9.17, 15) is 9.59 Å². The van der Waals surface area contributed by atoms with Gasteiger partial charge in [-0.05, 0) is 31.7 Å². The highest BCUT2D eigenvalue weighted by Gasteiger charge is 2.33. The summed E-state index contributed by atoms with van der Waals surface area (Å²) in [5.41, 5.74) is 1.78. The summed E-state index contributed by atoms with van der Waals surface area (Å²) in [7, 11) is 3.66. The van der Waals surface area contributed by atoms with Crippen LogP contribution in [0.4, 0.5) is 5.82 Å². The van der Waals surface area contributed by atoms with Crippen LogP contribution in [-0.2, 0) is 9.53 Å². The van der Waals surface area contributed by atoms with Crippen molar-refractivity contribution >= 4 is 51.7 Å². The predicted molar refractivity (Wildman–Crippen MR) is 128 cm³/mol. The molecule has 0 atom stereocenters. The van der Waals surface area contributed by atoms with Gasteiger partial charge < -0.3 is 14.5 Å². The van der Waals surface area contributed by atoms with Crippen LogP contribution in [0.2, 0.25) is 0 Å². The number of nitrogens with zero attached hydrogens (tertiary/aromatic N) is 5. The van der Waals surface area contributed by atoms with Crippen LogP contribution in [0.5, 0.6) is 0 Å². The van der Waals surface area contributed by atoms with E-state index in [1.54, 1.807) is 23.8 Å². The summed E-state index contributed by atoms with van der Waals surface area (Å²) < 4.78 is 7.10. The Kier molecular flexibility index (Phi) is 6.42. The summed E-state index contributed by atoms with van der Waals surface area (Å²) in [6.45, 7) is 6.02. The molecule has 1 amide bonds. The van der Waals surface area contributed by atoms with Crippen molar-refractivity contribution in [3.8, 4) is 0 Å². The number of carbonyl (C=O) groups excluding carboxylic acids is 1. The fraction of sp³-hybridized carbons (Fsp3) is 0.429. The first-order chi connectivity index (χ1) is 14.9. The highest BCUT2D eigenvalue weighted by atomic mass is 32.2. The van der Waals surface area contributed by atoms with Crippen LogP contribution in [-0.4, -0.2) is 82.9 Å². The Morgan fingerprint density at radius 2 is 2.00 bits per heavy atom. The number of carbonyl (C=O) groups is 1. The molecule has 164 valence electrons. The summed E-state index contributed by atoms with van der Waals surface area (Å²) in [5, 5.41) is 0. The lowest BCUT2D eigenvalue weighted by molar-refractivity contribution is -0.122. The molecule has 10 heteroatoms. The molecule has 31 heavy (non-hydrogen) atoms. The number of rotatable bonds is 5. The molecule has 0 saturated carbocycles. The molecule has 0 aliphatic carbocycles. The molecule has 2 aliphatic heterocycles. The van der Waals surface area contributed by atoms with Crippen molar-refractivity contribution in [1.82, 2.24) is 19.2 Å². The Labute approximate surface area is 190 Å². The number of amides is 1. The van der Waals surface area contributed by atoms with E-state index in [-0.39, 0.29) is 11.5 Å². The van der Waals surface area contributed by atoms with E-state index < -0.39 is 0 Å². The summed E-state index contributed by atoms with van der Waals surface area (Å²) in [4.78, 5) is 37.6. The number of hydrogen-bond donors (Lipinski definition) is 0. The lowest BCUT2D eigenvalue weighted by atomic mass is 10.2. The fourth-order valence-electron chi connectivity index (χ4n) is 3.69. The van der Waals surface area contributed by atoms with Gasteiger partial charge in [0.05, 0.1) is 23.6 Å². The first kappa shape index (κ1) is 21.9. The summed E-state index contributed by atoms with van der Waals surface area (Å²) in [6, 6.07) is 3.77. The second-order valence-corrected chi connectivity index (χ2v) is 9.33. The van der Waals surface area contributed by atoms with E-state index >= 15 is 0 Å². The Balaban J connectivity index is 1.83. The van der Waals surface area contributed by atoms with Crippen molar-refractivity contribution in [3.63, 3.8) is 0 Å². The Morgan fingerprint density at radius 1 is 1.26 bits per heavy atom. The van der Waals surface area contributed by atoms with E-state index in [1.807, 2.05) is 19.1 Å². The maximum absolute atomic E-state index is 13.5. The molecule has 2 saturated heterocycles. The zero-order chi connectivity index (χ0) is 22.1. The summed E-state index contributed by atoms with van der Waals surface area (Å²) in [6.07, 6.45) is 3.37. The average Bonchev–Trinajstić information content (AvgIpc) is 3.02. The molecule has 2 fully saturated rings. The number of anilines is 1. The first-order valence-corrected chi connectivity index (χ1v) is 11.3. The van der Waals surface area contributed by atoms with Gasteiger partial charge in [0.15, 0.2) is 0 Å². The highest BCUT2D eigenvalue weighted by Crippen LogP contribution is 2.33. The van der Waals surface area contributed by atoms with Crippen LogP contribution >= 0.6 is 24.0 Å². The van der Waals surface area contributed by atoms with Crippen LogP contribution in [0, 0.1) is 6.92 Å². The van der Waals surface area contributed by atoms with Gasteiger partial charge in [-0.25, -0.2) is 4.98 Å². The van der Waals surface area contributed by atoms with Gasteiger partial charge in [-0.1, -0.05) is 30.0 Å². The topological polar surface area (TPSA) is 70.4 Å². The molecule has 4 heterocycles. The van der Waals surface area contributed by atoms with E-state index in [0.717, 1.165) is 31.7 Å². The normalized spacial score (nSPS) is 19.3. The maximum Gasteiger partial charge on any atom is 0.267 e. The minimum atomic E-state index is -0.204. The molecule has 0 aromatic carbocycles. The highest BCUT2D eigenvalue weighted by molar-refractivity contribution is 8.26. The number of thiocarbonyl (C=S) groups is 1. The predicted octanol–water partition coefficient (Wildman–Crippen LogP) is 1.60. The number of ether oxygens (including phenoxy) is 1. The van der Waals surface area contributed by atoms with Crippen molar-refractivity contribution in [2.24, 2.45) is 0 Å². The third-order valence-corrected chi connectivity index (χ3v) is 6.91. The van der Waals surface area contributed by atoms with E-state index in [1.165, 1.54) is 16.7 Å². The number of likely N-dealkylation sites (N-methyl/N-ethyl adjacent to an activating group) is 1. The number of aromatic nitrogens is 2. The molecule has 0 N–H and O–H groups in total. The monoisotopic (exact) mass is 459 g/mol. The van der Waals surface area contributed by atoms with Gasteiger partial charge in [-0.15, -0.1) is 0 Å². The Morgan fingerprint density at radius 3 is 2.71 bits per heavy atom. The smallest absolute Gasteiger partial charge is 0.267 e. The largest absolute Gasteiger partial charge is 0.383 e. The van der Waals surface area contributed by atoms with Crippen LogP contribution in [0.3, 0.4) is 0 Å². The Bertz CT molecular complexity index is 1120. The number of methoxy groups -OCH3 is 1. The van der Waals surface area contributed by atoms with Gasteiger partial charge in [-0.2, -0.15) is 0 Å². The van der Waals surface area contributed by atoms with Gasteiger partial charge in [0, 0.05) is 39.5 Å². The molecule has 2 aliphatic rings. The molecule has 2 aromatic heterocycles. The first-order valence-electron chi connectivity index (χ1n) is 10.1. The van der Waals surface area contributed by atoms with Gasteiger partial charge >= 0.3 is 0 Å². The van der Waals surface area contributed by atoms with Crippen molar-refractivity contribution in [3.05, 3.63) is 44.7 Å². The van der Waals surface area contributed by atoms with E-state index in [4.69, 9.17) is 21.9 Å². The van der Waals surface area contributed by atoms with Crippen LogP contribution in [0.25, 0.3) is 11.7 Å². The Hall–Kier alpha value is -2.27. The van der Waals surface area contributed by atoms with E-state index in [0.29, 0.717) is 39.4 Å². The van der Waals surface area contributed by atoms with Gasteiger partial charge in [0.1, 0.15) is 15.8 Å². The van der Waals surface area contributed by atoms with Gasteiger partial charge in [-0.3, -0.25) is 18.9 Å². The zero-order valence-corrected chi connectivity index (χ0v) is 19.5. The van der Waals surface area contributed by atoms with Crippen molar-refractivity contribution in [2.45, 2.75) is 6.92 Å². The summed E-state index contributed by atoms with van der Waals surface area (Å²) >= 11 is 6.59. The van der Waals surface area contributed by atoms with Crippen LogP contribution in [0.1, 0.15) is 11.1 Å². The van der Waals surface area contributed by atoms with Gasteiger partial charge in [0.25, 0.3) is 11.5 Å². The lowest BCUT2D eigenvalue weighted by Gasteiger charge is -2.34. The second-order valence-electron chi connectivity index (χ2n) is 7.66.